The molecule has 0 bridgehead atoms. The van der Waals surface area contributed by atoms with Crippen LogP contribution in [-0.2, 0) is 28.2 Å². The van der Waals surface area contributed by atoms with Crippen molar-refractivity contribution < 1.29 is 0 Å². The van der Waals surface area contributed by atoms with Gasteiger partial charge in [0, 0.05) is 39.6 Å². The van der Waals surface area contributed by atoms with Gasteiger partial charge in [-0.1, -0.05) is 0 Å². The highest BCUT2D eigenvalue weighted by Crippen LogP contribution is 2.20. The summed E-state index contributed by atoms with van der Waals surface area (Å²) in [6.07, 6.45) is 0. The second kappa shape index (κ2) is 3.76. The van der Waals surface area contributed by atoms with Gasteiger partial charge in [0.25, 0.3) is 11.1 Å². The van der Waals surface area contributed by atoms with Crippen molar-refractivity contribution >= 4 is 0 Å². The van der Waals surface area contributed by atoms with Crippen LogP contribution in [-0.4, -0.2) is 18.7 Å². The van der Waals surface area contributed by atoms with E-state index in [0.717, 1.165) is 11.4 Å². The molecule has 6 nitrogen and oxygen atoms in total. The lowest BCUT2D eigenvalue weighted by atomic mass is 10.1. The van der Waals surface area contributed by atoms with Crippen LogP contribution in [0.2, 0.25) is 0 Å². The zero-order chi connectivity index (χ0) is 13.8. The van der Waals surface area contributed by atoms with Gasteiger partial charge >= 0.3 is 0 Å². The SMILES string of the molecule is Cc1c(-c2c(C)n(C)n(C)c2=O)c(=O)n(C)n1C. The molecular weight excluding hydrogens is 232 g/mol. The Hall–Kier alpha value is -1.98. The molecule has 2 rings (SSSR count). The molecule has 0 aromatic carbocycles. The Labute approximate surface area is 105 Å². The summed E-state index contributed by atoms with van der Waals surface area (Å²) in [6, 6.07) is 0. The molecule has 6 heteroatoms. The van der Waals surface area contributed by atoms with Gasteiger partial charge in [-0.05, 0) is 13.8 Å². The van der Waals surface area contributed by atoms with Crippen LogP contribution in [0, 0.1) is 13.8 Å². The lowest BCUT2D eigenvalue weighted by Gasteiger charge is -2.01. The minimum Gasteiger partial charge on any atom is -0.290 e. The normalized spacial score (nSPS) is 11.2. The molecule has 0 saturated heterocycles. The first kappa shape index (κ1) is 12.5. The van der Waals surface area contributed by atoms with E-state index in [1.807, 2.05) is 27.9 Å². The molecule has 0 atom stereocenters. The van der Waals surface area contributed by atoms with E-state index >= 15 is 0 Å². The molecule has 2 aromatic heterocycles. The van der Waals surface area contributed by atoms with Gasteiger partial charge < -0.3 is 0 Å². The van der Waals surface area contributed by atoms with Crippen molar-refractivity contribution in [1.29, 1.82) is 0 Å². The summed E-state index contributed by atoms with van der Waals surface area (Å²) >= 11 is 0. The van der Waals surface area contributed by atoms with Crippen molar-refractivity contribution in [1.82, 2.24) is 18.7 Å². The lowest BCUT2D eigenvalue weighted by Crippen LogP contribution is -2.20. The second-order valence-electron chi connectivity index (χ2n) is 4.63. The van der Waals surface area contributed by atoms with Crippen LogP contribution < -0.4 is 11.1 Å². The van der Waals surface area contributed by atoms with E-state index in [1.165, 1.54) is 9.36 Å². The zero-order valence-corrected chi connectivity index (χ0v) is 11.6. The highest BCUT2D eigenvalue weighted by molar-refractivity contribution is 5.67. The molecule has 0 amide bonds. The molecule has 98 valence electrons. The lowest BCUT2D eigenvalue weighted by molar-refractivity contribution is 0.567. The molecule has 2 heterocycles. The molecule has 0 unspecified atom stereocenters. The zero-order valence-electron chi connectivity index (χ0n) is 11.6. The number of hydrogen-bond acceptors (Lipinski definition) is 2. The average molecular weight is 250 g/mol. The van der Waals surface area contributed by atoms with E-state index in [-0.39, 0.29) is 11.1 Å². The summed E-state index contributed by atoms with van der Waals surface area (Å²) in [5.74, 6) is 0. The van der Waals surface area contributed by atoms with E-state index in [9.17, 15) is 9.59 Å². The van der Waals surface area contributed by atoms with Crippen molar-refractivity contribution in [2.45, 2.75) is 13.8 Å². The summed E-state index contributed by atoms with van der Waals surface area (Å²) in [7, 11) is 7.01. The summed E-state index contributed by atoms with van der Waals surface area (Å²) in [5, 5.41) is 0. The van der Waals surface area contributed by atoms with Gasteiger partial charge in [-0.2, -0.15) is 0 Å². The molecule has 0 spiro atoms. The predicted molar refractivity (Wildman–Crippen MR) is 69.8 cm³/mol. The molecule has 0 radical (unpaired) electrons. The third-order valence-electron chi connectivity index (χ3n) is 3.86. The molecule has 18 heavy (non-hydrogen) atoms. The van der Waals surface area contributed by atoms with E-state index < -0.39 is 0 Å². The fourth-order valence-electron chi connectivity index (χ4n) is 2.25. The third-order valence-corrected chi connectivity index (χ3v) is 3.86. The smallest absolute Gasteiger partial charge is 0.274 e. The minimum absolute atomic E-state index is 0.138. The van der Waals surface area contributed by atoms with Gasteiger partial charge in [-0.15, -0.1) is 0 Å². The number of nitrogens with zero attached hydrogens (tertiary/aromatic N) is 4. The van der Waals surface area contributed by atoms with Gasteiger partial charge in [0.1, 0.15) is 0 Å². The van der Waals surface area contributed by atoms with Crippen LogP contribution in [0.3, 0.4) is 0 Å². The van der Waals surface area contributed by atoms with Gasteiger partial charge in [0.2, 0.25) is 0 Å². The molecule has 0 fully saturated rings. The molecule has 0 saturated carbocycles. The summed E-state index contributed by atoms with van der Waals surface area (Å²) in [4.78, 5) is 24.4. The topological polar surface area (TPSA) is 53.9 Å². The number of hydrogen-bond donors (Lipinski definition) is 0. The maximum Gasteiger partial charge on any atom is 0.274 e. The van der Waals surface area contributed by atoms with E-state index in [2.05, 4.69) is 0 Å². The predicted octanol–water partition coefficient (Wildman–Crippen LogP) is 0.0448. The quantitative estimate of drug-likeness (QED) is 0.718. The molecule has 0 aliphatic rings. The first-order valence-electron chi connectivity index (χ1n) is 5.74. The van der Waals surface area contributed by atoms with Gasteiger partial charge in [-0.25, -0.2) is 0 Å². The molecule has 2 aromatic rings. The highest BCUT2D eigenvalue weighted by atomic mass is 16.1. The second-order valence-corrected chi connectivity index (χ2v) is 4.63. The minimum atomic E-state index is -0.138. The van der Waals surface area contributed by atoms with Crippen LogP contribution in [0.4, 0.5) is 0 Å². The monoisotopic (exact) mass is 250 g/mol. The van der Waals surface area contributed by atoms with Crippen molar-refractivity contribution in [2.24, 2.45) is 28.2 Å². The van der Waals surface area contributed by atoms with E-state index in [4.69, 9.17) is 0 Å². The summed E-state index contributed by atoms with van der Waals surface area (Å²) in [6.45, 7) is 3.70. The van der Waals surface area contributed by atoms with Crippen LogP contribution >= 0.6 is 0 Å². The van der Waals surface area contributed by atoms with E-state index in [0.29, 0.717) is 11.1 Å². The fraction of sp³-hybridized carbons (Fsp3) is 0.500. The first-order valence-corrected chi connectivity index (χ1v) is 5.74. The third kappa shape index (κ3) is 1.35. The number of rotatable bonds is 1. The van der Waals surface area contributed by atoms with Gasteiger partial charge in [-0.3, -0.25) is 28.3 Å². The molecule has 0 N–H and O–H groups in total. The standard InChI is InChI=1S/C12H18N4O2/c1-7-9(11(17)15(5)13(7)3)10-8(2)14(4)16(6)12(10)18/h1-6H3. The van der Waals surface area contributed by atoms with Gasteiger partial charge in [0.05, 0.1) is 11.1 Å². The van der Waals surface area contributed by atoms with Crippen LogP contribution in [0.1, 0.15) is 11.4 Å². The Morgan fingerprint density at radius 2 is 0.889 bits per heavy atom. The highest BCUT2D eigenvalue weighted by Gasteiger charge is 2.22. The Morgan fingerprint density at radius 3 is 1.06 bits per heavy atom. The fourth-order valence-corrected chi connectivity index (χ4v) is 2.25. The van der Waals surface area contributed by atoms with Crippen LogP contribution in [0.5, 0.6) is 0 Å². The first-order chi connectivity index (χ1) is 8.29. The van der Waals surface area contributed by atoms with Crippen molar-refractivity contribution in [3.8, 4) is 11.1 Å². The Bertz CT molecular complexity index is 675. The maximum atomic E-state index is 12.2. The Kier molecular flexibility index (Phi) is 2.61. The summed E-state index contributed by atoms with van der Waals surface area (Å²) in [5.41, 5.74) is 2.32. The van der Waals surface area contributed by atoms with Crippen molar-refractivity contribution in [3.63, 3.8) is 0 Å². The van der Waals surface area contributed by atoms with Crippen molar-refractivity contribution in [3.05, 3.63) is 32.1 Å². The van der Waals surface area contributed by atoms with Crippen LogP contribution in [0.15, 0.2) is 9.59 Å². The Morgan fingerprint density at radius 1 is 0.611 bits per heavy atom. The molecule has 0 aliphatic heterocycles. The van der Waals surface area contributed by atoms with E-state index in [1.54, 1.807) is 23.5 Å². The molecule has 0 aliphatic carbocycles. The van der Waals surface area contributed by atoms with Crippen LogP contribution in [0.25, 0.3) is 11.1 Å². The summed E-state index contributed by atoms with van der Waals surface area (Å²) < 4.78 is 6.53. The van der Waals surface area contributed by atoms with Crippen molar-refractivity contribution in [2.75, 3.05) is 0 Å². The average Bonchev–Trinajstić information content (AvgIpc) is 2.64. The largest absolute Gasteiger partial charge is 0.290 e. The maximum absolute atomic E-state index is 12.2. The molecular formula is C12H18N4O2. The van der Waals surface area contributed by atoms with Gasteiger partial charge in [0.15, 0.2) is 0 Å². The number of aromatic nitrogens is 4. The Balaban J connectivity index is 2.96.